The van der Waals surface area contributed by atoms with Crippen LogP contribution in [0.15, 0.2) is 18.2 Å². The monoisotopic (exact) mass is 300 g/mol. The number of ether oxygens (including phenoxy) is 3. The van der Waals surface area contributed by atoms with Crippen molar-refractivity contribution in [2.45, 2.75) is 38.9 Å². The smallest absolute Gasteiger partial charge is 0.339 e. The van der Waals surface area contributed by atoms with Crippen LogP contribution in [0.4, 0.5) is 0 Å². The van der Waals surface area contributed by atoms with Gasteiger partial charge in [0.05, 0.1) is 12.7 Å². The second-order valence-corrected chi connectivity index (χ2v) is 6.64. The highest BCUT2D eigenvalue weighted by Gasteiger charge is 2.32. The largest absolute Gasteiger partial charge is 0.483 e. The Morgan fingerprint density at radius 1 is 0.955 bits per heavy atom. The molecule has 0 fully saturated rings. The molecule has 0 saturated carbocycles. The summed E-state index contributed by atoms with van der Waals surface area (Å²) >= 11 is 0. The van der Waals surface area contributed by atoms with Crippen molar-refractivity contribution in [3.8, 4) is 11.5 Å². The molecule has 0 atom stereocenters. The van der Waals surface area contributed by atoms with Gasteiger partial charge in [0.2, 0.25) is 0 Å². The van der Waals surface area contributed by atoms with Crippen LogP contribution >= 0.6 is 0 Å². The van der Waals surface area contributed by atoms with Crippen molar-refractivity contribution in [2.75, 3.05) is 7.11 Å². The second kappa shape index (κ2) is 4.63. The van der Waals surface area contributed by atoms with Gasteiger partial charge in [0.15, 0.2) is 0 Å². The Bertz CT molecular complexity index is 658. The Morgan fingerprint density at radius 3 is 1.82 bits per heavy atom. The van der Waals surface area contributed by atoms with Crippen LogP contribution in [0.3, 0.4) is 0 Å². The Kier molecular flexibility index (Phi) is 3.09. The first-order valence-electron chi connectivity index (χ1n) is 7.28. The van der Waals surface area contributed by atoms with Crippen molar-refractivity contribution in [2.24, 2.45) is 0 Å². The molecule has 22 heavy (non-hydrogen) atoms. The van der Waals surface area contributed by atoms with Gasteiger partial charge in [-0.2, -0.15) is 0 Å². The summed E-state index contributed by atoms with van der Waals surface area (Å²) in [6, 6.07) is 1.85. The average molecular weight is 300 g/mol. The molecule has 0 aliphatic carbocycles. The molecule has 0 aromatic heterocycles. The van der Waals surface area contributed by atoms with Gasteiger partial charge < -0.3 is 14.2 Å². The van der Waals surface area contributed by atoms with E-state index in [1.807, 2.05) is 58.1 Å². The fraction of sp³-hybridized carbons (Fsp3) is 0.389. The molecule has 2 heterocycles. The number of carbonyl (C=O) groups is 1. The zero-order valence-corrected chi connectivity index (χ0v) is 13.5. The molecule has 0 unspecified atom stereocenters. The summed E-state index contributed by atoms with van der Waals surface area (Å²) in [4.78, 5) is 12.3. The van der Waals surface area contributed by atoms with Crippen molar-refractivity contribution in [1.29, 1.82) is 0 Å². The predicted octanol–water partition coefficient (Wildman–Crippen LogP) is 3.84. The minimum atomic E-state index is -0.422. The molecule has 1 aromatic carbocycles. The van der Waals surface area contributed by atoms with Gasteiger partial charge in [0.1, 0.15) is 22.7 Å². The van der Waals surface area contributed by atoms with E-state index in [1.165, 1.54) is 7.11 Å². The molecule has 0 amide bonds. The highest BCUT2D eigenvalue weighted by atomic mass is 16.5. The molecule has 0 spiro atoms. The molecular weight excluding hydrogens is 280 g/mol. The van der Waals surface area contributed by atoms with E-state index in [1.54, 1.807) is 0 Å². The van der Waals surface area contributed by atoms with Crippen molar-refractivity contribution >= 4 is 18.1 Å². The highest BCUT2D eigenvalue weighted by molar-refractivity contribution is 6.00. The Balaban J connectivity index is 2.26. The molecular formula is C18H20O4. The van der Waals surface area contributed by atoms with Gasteiger partial charge in [-0.05, 0) is 39.8 Å². The van der Waals surface area contributed by atoms with Crippen molar-refractivity contribution in [3.05, 3.63) is 34.9 Å². The maximum absolute atomic E-state index is 12.3. The number of fused-ring (bicyclic) bond motifs is 2. The van der Waals surface area contributed by atoms with Crippen LogP contribution in [0.2, 0.25) is 0 Å². The van der Waals surface area contributed by atoms with Crippen LogP contribution in [-0.4, -0.2) is 24.3 Å². The molecule has 0 bridgehead atoms. The lowest BCUT2D eigenvalue weighted by Crippen LogP contribution is -2.31. The lowest BCUT2D eigenvalue weighted by Gasteiger charge is -2.33. The summed E-state index contributed by atoms with van der Waals surface area (Å²) in [5.74, 6) is 0.879. The van der Waals surface area contributed by atoms with E-state index in [-0.39, 0.29) is 0 Å². The number of methoxy groups -OCH3 is 1. The van der Waals surface area contributed by atoms with E-state index in [0.29, 0.717) is 17.1 Å². The fourth-order valence-electron chi connectivity index (χ4n) is 2.69. The Hall–Kier alpha value is -2.23. The minimum Gasteiger partial charge on any atom is -0.483 e. The number of carbonyl (C=O) groups excluding carboxylic acids is 1. The van der Waals surface area contributed by atoms with Gasteiger partial charge in [-0.1, -0.05) is 12.2 Å². The van der Waals surface area contributed by atoms with Gasteiger partial charge in [-0.15, -0.1) is 0 Å². The molecule has 4 heteroatoms. The number of esters is 1. The second-order valence-electron chi connectivity index (χ2n) is 6.64. The van der Waals surface area contributed by atoms with Crippen LogP contribution in [-0.2, 0) is 4.74 Å². The van der Waals surface area contributed by atoms with Gasteiger partial charge in [-0.3, -0.25) is 0 Å². The number of hydrogen-bond acceptors (Lipinski definition) is 4. The predicted molar refractivity (Wildman–Crippen MR) is 85.3 cm³/mol. The molecule has 2 aliphatic heterocycles. The topological polar surface area (TPSA) is 44.8 Å². The lowest BCUT2D eigenvalue weighted by atomic mass is 9.91. The van der Waals surface area contributed by atoms with Crippen LogP contribution in [0, 0.1) is 0 Å². The third-order valence-electron chi connectivity index (χ3n) is 3.77. The minimum absolute atomic E-state index is 0.394. The molecule has 3 rings (SSSR count). The summed E-state index contributed by atoms with van der Waals surface area (Å²) in [6.07, 6.45) is 7.70. The maximum atomic E-state index is 12.3. The average Bonchev–Trinajstić information content (AvgIpc) is 2.42. The molecule has 1 aromatic rings. The van der Waals surface area contributed by atoms with Crippen LogP contribution in [0.25, 0.3) is 12.2 Å². The highest BCUT2D eigenvalue weighted by Crippen LogP contribution is 2.43. The van der Waals surface area contributed by atoms with E-state index < -0.39 is 17.2 Å². The van der Waals surface area contributed by atoms with Crippen molar-refractivity contribution < 1.29 is 19.0 Å². The van der Waals surface area contributed by atoms with Crippen molar-refractivity contribution in [3.63, 3.8) is 0 Å². The van der Waals surface area contributed by atoms with E-state index in [0.717, 1.165) is 11.1 Å². The first-order chi connectivity index (χ1) is 10.2. The normalized spacial score (nSPS) is 19.5. The summed E-state index contributed by atoms with van der Waals surface area (Å²) in [5, 5.41) is 0. The molecule has 116 valence electrons. The Labute approximate surface area is 130 Å². The summed E-state index contributed by atoms with van der Waals surface area (Å²) in [6.45, 7) is 7.87. The standard InChI is InChI=1S/C18H20O4/c1-17(2)8-6-11-13(21-17)10-14-12(15(11)16(19)20-5)7-9-18(3,4)22-14/h6-10H,1-5H3. The summed E-state index contributed by atoms with van der Waals surface area (Å²) in [7, 11) is 1.38. The molecule has 0 saturated heterocycles. The van der Waals surface area contributed by atoms with E-state index in [9.17, 15) is 4.79 Å². The van der Waals surface area contributed by atoms with Gasteiger partial charge in [0.25, 0.3) is 0 Å². The zero-order chi connectivity index (χ0) is 16.1. The van der Waals surface area contributed by atoms with Crippen LogP contribution in [0.5, 0.6) is 11.5 Å². The maximum Gasteiger partial charge on any atom is 0.339 e. The van der Waals surface area contributed by atoms with Crippen LogP contribution in [0.1, 0.15) is 49.2 Å². The van der Waals surface area contributed by atoms with Gasteiger partial charge in [0, 0.05) is 17.2 Å². The molecule has 2 aliphatic rings. The van der Waals surface area contributed by atoms with E-state index in [4.69, 9.17) is 14.2 Å². The summed E-state index contributed by atoms with van der Waals surface area (Å²) < 4.78 is 16.9. The quantitative estimate of drug-likeness (QED) is 0.739. The number of hydrogen-bond donors (Lipinski definition) is 0. The Morgan fingerprint density at radius 2 is 1.41 bits per heavy atom. The van der Waals surface area contributed by atoms with Gasteiger partial charge >= 0.3 is 5.97 Å². The van der Waals surface area contributed by atoms with E-state index in [2.05, 4.69) is 0 Å². The van der Waals surface area contributed by atoms with Crippen LogP contribution < -0.4 is 9.47 Å². The number of rotatable bonds is 1. The van der Waals surface area contributed by atoms with E-state index >= 15 is 0 Å². The lowest BCUT2D eigenvalue weighted by molar-refractivity contribution is 0.0596. The first kappa shape index (κ1) is 14.7. The first-order valence-corrected chi connectivity index (χ1v) is 7.28. The fourth-order valence-corrected chi connectivity index (χ4v) is 2.69. The van der Waals surface area contributed by atoms with Crippen molar-refractivity contribution in [1.82, 2.24) is 0 Å². The number of benzene rings is 1. The van der Waals surface area contributed by atoms with Gasteiger partial charge in [-0.25, -0.2) is 4.79 Å². The summed E-state index contributed by atoms with van der Waals surface area (Å²) in [5.41, 5.74) is 1.10. The third-order valence-corrected chi connectivity index (χ3v) is 3.77. The SMILES string of the molecule is COC(=O)c1c2c(cc3c1C=CC(C)(C)O3)OC(C)(C)C=C2. The zero-order valence-electron chi connectivity index (χ0n) is 13.5. The molecule has 0 N–H and O–H groups in total. The molecule has 4 nitrogen and oxygen atoms in total. The third kappa shape index (κ3) is 2.39. The molecule has 0 radical (unpaired) electrons.